The van der Waals surface area contributed by atoms with Crippen LogP contribution >= 0.6 is 11.8 Å². The number of rotatable bonds is 7. The number of likely N-dealkylation sites (N-methyl/N-ethyl adjacent to an activating group) is 1. The first-order valence-electron chi connectivity index (χ1n) is 6.92. The van der Waals surface area contributed by atoms with E-state index in [2.05, 4.69) is 10.3 Å². The smallest absolute Gasteiger partial charge is 0.319 e. The summed E-state index contributed by atoms with van der Waals surface area (Å²) < 4.78 is 26.3. The van der Waals surface area contributed by atoms with Crippen molar-refractivity contribution in [2.75, 3.05) is 25.2 Å². The van der Waals surface area contributed by atoms with E-state index < -0.39 is 6.55 Å². The highest BCUT2D eigenvalue weighted by Gasteiger charge is 2.14. The lowest BCUT2D eigenvalue weighted by Gasteiger charge is -2.17. The fourth-order valence-electron chi connectivity index (χ4n) is 2.09. The fourth-order valence-corrected chi connectivity index (χ4v) is 2.55. The predicted octanol–water partition coefficient (Wildman–Crippen LogP) is 3.07. The molecule has 0 saturated carbocycles. The van der Waals surface area contributed by atoms with Crippen LogP contribution in [0.4, 0.5) is 14.5 Å². The second kappa shape index (κ2) is 8.07. The third-order valence-electron chi connectivity index (χ3n) is 3.14. The Labute approximate surface area is 137 Å². The first-order chi connectivity index (χ1) is 11.0. The summed E-state index contributed by atoms with van der Waals surface area (Å²) in [5.41, 5.74) is 0.712. The second-order valence-corrected chi connectivity index (χ2v) is 5.86. The van der Waals surface area contributed by atoms with E-state index in [1.165, 1.54) is 12.4 Å². The molecule has 1 aromatic heterocycles. The van der Waals surface area contributed by atoms with E-state index in [9.17, 15) is 13.6 Å². The van der Waals surface area contributed by atoms with Crippen LogP contribution in [-0.4, -0.2) is 40.2 Å². The number of benzene rings is 1. The Kier molecular flexibility index (Phi) is 6.12. The van der Waals surface area contributed by atoms with Gasteiger partial charge in [0, 0.05) is 23.0 Å². The maximum atomic E-state index is 12.8. The van der Waals surface area contributed by atoms with Crippen molar-refractivity contribution in [3.8, 4) is 0 Å². The molecule has 2 aromatic rings. The zero-order valence-electron chi connectivity index (χ0n) is 12.9. The summed E-state index contributed by atoms with van der Waals surface area (Å²) in [6.45, 7) is -2.39. The molecule has 0 aliphatic rings. The van der Waals surface area contributed by atoms with E-state index in [1.807, 2.05) is 24.5 Å². The predicted molar refractivity (Wildman–Crippen MR) is 86.7 cm³/mol. The number of imidazole rings is 1. The molecule has 23 heavy (non-hydrogen) atoms. The van der Waals surface area contributed by atoms with Crippen molar-refractivity contribution >= 4 is 23.4 Å². The minimum absolute atomic E-state index is 0.0829. The molecule has 0 unspecified atom stereocenters. The van der Waals surface area contributed by atoms with Crippen molar-refractivity contribution in [3.05, 3.63) is 42.5 Å². The third-order valence-corrected chi connectivity index (χ3v) is 3.86. The first kappa shape index (κ1) is 17.4. The molecule has 0 radical (unpaired) electrons. The summed E-state index contributed by atoms with van der Waals surface area (Å²) in [4.78, 5) is 18.6. The van der Waals surface area contributed by atoms with Crippen LogP contribution in [0.25, 0.3) is 0 Å². The number of alkyl halides is 2. The van der Waals surface area contributed by atoms with Gasteiger partial charge in [-0.2, -0.15) is 8.78 Å². The first-order valence-corrected chi connectivity index (χ1v) is 8.14. The molecule has 1 N–H and O–H groups in total. The molecule has 1 amide bonds. The topological polar surface area (TPSA) is 50.2 Å². The van der Waals surface area contributed by atoms with Gasteiger partial charge < -0.3 is 5.32 Å². The third kappa shape index (κ3) is 5.04. The molecule has 0 spiro atoms. The van der Waals surface area contributed by atoms with E-state index >= 15 is 0 Å². The monoisotopic (exact) mass is 340 g/mol. The standard InChI is InChI=1S/C15H18F2N4OS/c1-20(9-13-18-6-7-21(13)15(16)17)10-14(22)19-11-4-3-5-12(8-11)23-2/h3-8,15H,9-10H2,1-2H3,(H,19,22). The summed E-state index contributed by atoms with van der Waals surface area (Å²) in [6.07, 6.45) is 4.50. The van der Waals surface area contributed by atoms with E-state index in [-0.39, 0.29) is 24.8 Å². The minimum Gasteiger partial charge on any atom is -0.325 e. The van der Waals surface area contributed by atoms with Crippen LogP contribution in [0.1, 0.15) is 12.4 Å². The number of nitrogens with zero attached hydrogens (tertiary/aromatic N) is 3. The molecular weight excluding hydrogens is 322 g/mol. The Morgan fingerprint density at radius 3 is 2.96 bits per heavy atom. The van der Waals surface area contributed by atoms with Crippen LogP contribution in [0, 0.1) is 0 Å². The van der Waals surface area contributed by atoms with Crippen LogP contribution < -0.4 is 5.32 Å². The average molecular weight is 340 g/mol. The van der Waals surface area contributed by atoms with Crippen molar-refractivity contribution < 1.29 is 13.6 Å². The van der Waals surface area contributed by atoms with Crippen molar-refractivity contribution in [2.24, 2.45) is 0 Å². The number of aromatic nitrogens is 2. The Hall–Kier alpha value is -1.93. The summed E-state index contributed by atoms with van der Waals surface area (Å²) in [5.74, 6) is 0.0144. The summed E-state index contributed by atoms with van der Waals surface area (Å²) in [6, 6.07) is 7.51. The lowest BCUT2D eigenvalue weighted by atomic mass is 10.3. The van der Waals surface area contributed by atoms with Gasteiger partial charge in [0.25, 0.3) is 0 Å². The van der Waals surface area contributed by atoms with E-state index in [0.717, 1.165) is 9.46 Å². The van der Waals surface area contributed by atoms with Gasteiger partial charge in [-0.1, -0.05) is 6.07 Å². The molecule has 1 heterocycles. The Morgan fingerprint density at radius 1 is 1.48 bits per heavy atom. The fraction of sp³-hybridized carbons (Fsp3) is 0.333. The molecule has 0 atom stereocenters. The number of nitrogens with one attached hydrogen (secondary N) is 1. The van der Waals surface area contributed by atoms with Crippen molar-refractivity contribution in [2.45, 2.75) is 18.0 Å². The largest absolute Gasteiger partial charge is 0.325 e. The maximum Gasteiger partial charge on any atom is 0.319 e. The second-order valence-electron chi connectivity index (χ2n) is 4.98. The highest BCUT2D eigenvalue weighted by Crippen LogP contribution is 2.19. The zero-order chi connectivity index (χ0) is 16.8. The highest BCUT2D eigenvalue weighted by molar-refractivity contribution is 7.98. The van der Waals surface area contributed by atoms with E-state index in [4.69, 9.17) is 0 Å². The number of hydrogen-bond donors (Lipinski definition) is 1. The Bertz CT molecular complexity index is 662. The minimum atomic E-state index is -2.64. The number of thioether (sulfide) groups is 1. The van der Waals surface area contributed by atoms with Gasteiger partial charge in [-0.15, -0.1) is 11.8 Å². The van der Waals surface area contributed by atoms with Crippen molar-refractivity contribution in [1.82, 2.24) is 14.5 Å². The quantitative estimate of drug-likeness (QED) is 0.787. The number of amides is 1. The van der Waals surface area contributed by atoms with Gasteiger partial charge in [0.2, 0.25) is 5.91 Å². The summed E-state index contributed by atoms with van der Waals surface area (Å²) in [5, 5.41) is 2.80. The van der Waals surface area contributed by atoms with Gasteiger partial charge in [-0.3, -0.25) is 14.3 Å². The van der Waals surface area contributed by atoms with Crippen molar-refractivity contribution in [1.29, 1.82) is 0 Å². The van der Waals surface area contributed by atoms with Gasteiger partial charge in [-0.25, -0.2) is 4.98 Å². The molecule has 0 saturated heterocycles. The van der Waals surface area contributed by atoms with Crippen LogP contribution in [-0.2, 0) is 11.3 Å². The molecule has 2 rings (SSSR count). The average Bonchev–Trinajstić information content (AvgIpc) is 2.95. The van der Waals surface area contributed by atoms with E-state index in [1.54, 1.807) is 29.8 Å². The maximum absolute atomic E-state index is 12.8. The molecule has 0 aliphatic heterocycles. The van der Waals surface area contributed by atoms with Gasteiger partial charge in [0.15, 0.2) is 0 Å². The number of hydrogen-bond acceptors (Lipinski definition) is 4. The highest BCUT2D eigenvalue weighted by atomic mass is 32.2. The van der Waals surface area contributed by atoms with Gasteiger partial charge in [-0.05, 0) is 31.5 Å². The number of halogens is 2. The van der Waals surface area contributed by atoms with Crippen LogP contribution in [0.15, 0.2) is 41.6 Å². The molecule has 0 fully saturated rings. The molecule has 8 heteroatoms. The van der Waals surface area contributed by atoms with Crippen molar-refractivity contribution in [3.63, 3.8) is 0 Å². The van der Waals surface area contributed by atoms with Crippen LogP contribution in [0.3, 0.4) is 0 Å². The molecule has 124 valence electrons. The summed E-state index contributed by atoms with van der Waals surface area (Å²) in [7, 11) is 1.68. The Morgan fingerprint density at radius 2 is 2.26 bits per heavy atom. The van der Waals surface area contributed by atoms with Crippen LogP contribution in [0.5, 0.6) is 0 Å². The normalized spacial score (nSPS) is 11.2. The summed E-state index contributed by atoms with van der Waals surface area (Å²) >= 11 is 1.59. The molecule has 5 nitrogen and oxygen atoms in total. The SMILES string of the molecule is CSc1cccc(NC(=O)CN(C)Cc2nccn2C(F)F)c1. The van der Waals surface area contributed by atoms with Gasteiger partial charge in [0.05, 0.1) is 13.1 Å². The number of anilines is 1. The van der Waals surface area contributed by atoms with Crippen LogP contribution in [0.2, 0.25) is 0 Å². The van der Waals surface area contributed by atoms with Gasteiger partial charge >= 0.3 is 6.55 Å². The number of carbonyl (C=O) groups excluding carboxylic acids is 1. The zero-order valence-corrected chi connectivity index (χ0v) is 13.7. The molecular formula is C15H18F2N4OS. The molecule has 0 aliphatic carbocycles. The number of carbonyl (C=O) groups is 1. The lowest BCUT2D eigenvalue weighted by molar-refractivity contribution is -0.117. The molecule has 1 aromatic carbocycles. The van der Waals surface area contributed by atoms with Gasteiger partial charge in [0.1, 0.15) is 5.82 Å². The van der Waals surface area contributed by atoms with E-state index in [0.29, 0.717) is 5.69 Å². The Balaban J connectivity index is 1.90. The molecule has 0 bridgehead atoms. The lowest BCUT2D eigenvalue weighted by Crippen LogP contribution is -2.30.